The number of hydrogen-bond donors (Lipinski definition) is 1. The summed E-state index contributed by atoms with van der Waals surface area (Å²) < 4.78 is 0. The van der Waals surface area contributed by atoms with Crippen molar-refractivity contribution in [3.63, 3.8) is 0 Å². The molecule has 0 bridgehead atoms. The number of aromatic nitrogens is 1. The van der Waals surface area contributed by atoms with E-state index in [9.17, 15) is 0 Å². The van der Waals surface area contributed by atoms with Gasteiger partial charge in [0, 0.05) is 18.0 Å². The van der Waals surface area contributed by atoms with Crippen LogP contribution in [0.4, 0.5) is 0 Å². The van der Waals surface area contributed by atoms with Gasteiger partial charge in [0.15, 0.2) is 0 Å². The van der Waals surface area contributed by atoms with Crippen LogP contribution in [0.25, 0.3) is 0 Å². The quantitative estimate of drug-likeness (QED) is 0.861. The Hall–Kier alpha value is -1.19. The second-order valence-electron chi connectivity index (χ2n) is 5.72. The van der Waals surface area contributed by atoms with E-state index in [0.29, 0.717) is 6.04 Å². The summed E-state index contributed by atoms with van der Waals surface area (Å²) in [5.74, 6) is 0. The van der Waals surface area contributed by atoms with Gasteiger partial charge in [-0.25, -0.2) is 4.98 Å². The summed E-state index contributed by atoms with van der Waals surface area (Å²) in [4.78, 5) is 4.30. The lowest BCUT2D eigenvalue weighted by molar-refractivity contribution is 0.387. The summed E-state index contributed by atoms with van der Waals surface area (Å²) in [6, 6.07) is 11.2. The van der Waals surface area contributed by atoms with Crippen LogP contribution < -0.4 is 5.32 Å². The molecule has 0 saturated heterocycles. The molecule has 1 aromatic carbocycles. The molecule has 0 amide bonds. The number of thiazole rings is 1. The minimum atomic E-state index is 0.190. The van der Waals surface area contributed by atoms with Crippen molar-refractivity contribution in [3.8, 4) is 0 Å². The molecular weight excluding hydrogens is 252 g/mol. The smallest absolute Gasteiger partial charge is 0.0795 e. The van der Waals surface area contributed by atoms with Gasteiger partial charge in [0.25, 0.3) is 0 Å². The van der Waals surface area contributed by atoms with Gasteiger partial charge in [-0.2, -0.15) is 0 Å². The fourth-order valence-corrected chi connectivity index (χ4v) is 3.01. The lowest BCUT2D eigenvalue weighted by atomic mass is 9.79. The first-order chi connectivity index (χ1) is 9.08. The molecule has 19 heavy (non-hydrogen) atoms. The summed E-state index contributed by atoms with van der Waals surface area (Å²) >= 11 is 1.65. The van der Waals surface area contributed by atoms with Crippen molar-refractivity contribution in [1.29, 1.82) is 0 Å². The Bertz CT molecular complexity index is 477. The Morgan fingerprint density at radius 3 is 2.63 bits per heavy atom. The van der Waals surface area contributed by atoms with Crippen LogP contribution in [0.2, 0.25) is 0 Å². The highest BCUT2D eigenvalue weighted by atomic mass is 32.1. The van der Waals surface area contributed by atoms with E-state index in [1.54, 1.807) is 11.3 Å². The molecule has 1 unspecified atom stereocenters. The van der Waals surface area contributed by atoms with Crippen LogP contribution in [0.5, 0.6) is 0 Å². The van der Waals surface area contributed by atoms with Gasteiger partial charge in [0.1, 0.15) is 0 Å². The van der Waals surface area contributed by atoms with E-state index in [-0.39, 0.29) is 5.41 Å². The molecule has 2 aromatic rings. The molecule has 1 N–H and O–H groups in total. The Kier molecular flexibility index (Phi) is 4.72. The lowest BCUT2D eigenvalue weighted by Gasteiger charge is -2.29. The Labute approximate surface area is 119 Å². The van der Waals surface area contributed by atoms with Gasteiger partial charge in [-0.3, -0.25) is 0 Å². The summed E-state index contributed by atoms with van der Waals surface area (Å²) in [5.41, 5.74) is 4.61. The van der Waals surface area contributed by atoms with Gasteiger partial charge < -0.3 is 5.32 Å². The van der Waals surface area contributed by atoms with Crippen LogP contribution in [-0.4, -0.2) is 11.0 Å². The fraction of sp³-hybridized carbons (Fsp3) is 0.438. The van der Waals surface area contributed by atoms with Gasteiger partial charge in [0.2, 0.25) is 0 Å². The van der Waals surface area contributed by atoms with Crippen molar-refractivity contribution in [2.24, 2.45) is 0 Å². The summed E-state index contributed by atoms with van der Waals surface area (Å²) in [6.45, 7) is 7.72. The van der Waals surface area contributed by atoms with Crippen LogP contribution in [0, 0.1) is 0 Å². The van der Waals surface area contributed by atoms with E-state index in [0.717, 1.165) is 18.7 Å². The number of benzene rings is 1. The van der Waals surface area contributed by atoms with Crippen molar-refractivity contribution in [3.05, 3.63) is 52.5 Å². The average Bonchev–Trinajstić information content (AvgIpc) is 2.90. The number of nitrogens with one attached hydrogen (secondary N) is 1. The molecule has 0 aliphatic carbocycles. The molecule has 0 radical (unpaired) electrons. The molecule has 102 valence electrons. The third kappa shape index (κ3) is 4.15. The van der Waals surface area contributed by atoms with Crippen molar-refractivity contribution in [2.45, 2.75) is 45.2 Å². The SMILES string of the molecule is CC(CC(C)(C)c1ccccc1)NCc1cscn1. The van der Waals surface area contributed by atoms with Crippen molar-refractivity contribution in [2.75, 3.05) is 0 Å². The highest BCUT2D eigenvalue weighted by Gasteiger charge is 2.22. The van der Waals surface area contributed by atoms with Crippen molar-refractivity contribution >= 4 is 11.3 Å². The number of rotatable bonds is 6. The van der Waals surface area contributed by atoms with Crippen LogP contribution >= 0.6 is 11.3 Å². The van der Waals surface area contributed by atoms with Gasteiger partial charge in [-0.1, -0.05) is 44.2 Å². The molecule has 0 aliphatic heterocycles. The normalized spacial score (nSPS) is 13.4. The lowest BCUT2D eigenvalue weighted by Crippen LogP contribution is -2.33. The first-order valence-corrected chi connectivity index (χ1v) is 7.68. The molecule has 0 aliphatic rings. The highest BCUT2D eigenvalue weighted by Crippen LogP contribution is 2.28. The molecule has 1 aromatic heterocycles. The van der Waals surface area contributed by atoms with Gasteiger partial charge in [0.05, 0.1) is 11.2 Å². The zero-order valence-corrected chi connectivity index (χ0v) is 12.7. The summed E-state index contributed by atoms with van der Waals surface area (Å²) in [5, 5.41) is 5.65. The van der Waals surface area contributed by atoms with E-state index < -0.39 is 0 Å². The molecule has 1 atom stereocenters. The minimum Gasteiger partial charge on any atom is -0.309 e. The second-order valence-corrected chi connectivity index (χ2v) is 6.43. The monoisotopic (exact) mass is 274 g/mol. The van der Waals surface area contributed by atoms with E-state index in [2.05, 4.69) is 66.8 Å². The Morgan fingerprint density at radius 1 is 1.26 bits per heavy atom. The van der Waals surface area contributed by atoms with Crippen LogP contribution in [0.15, 0.2) is 41.2 Å². The van der Waals surface area contributed by atoms with Crippen molar-refractivity contribution in [1.82, 2.24) is 10.3 Å². The highest BCUT2D eigenvalue weighted by molar-refractivity contribution is 7.07. The van der Waals surface area contributed by atoms with Crippen molar-refractivity contribution < 1.29 is 0 Å². The molecule has 2 nitrogen and oxygen atoms in total. The van der Waals surface area contributed by atoms with Gasteiger partial charge in [-0.15, -0.1) is 11.3 Å². The summed E-state index contributed by atoms with van der Waals surface area (Å²) in [7, 11) is 0. The third-order valence-corrected chi connectivity index (χ3v) is 4.12. The summed E-state index contributed by atoms with van der Waals surface area (Å²) in [6.07, 6.45) is 1.11. The molecular formula is C16H22N2S. The largest absolute Gasteiger partial charge is 0.309 e. The maximum Gasteiger partial charge on any atom is 0.0795 e. The maximum absolute atomic E-state index is 4.30. The maximum atomic E-state index is 4.30. The van der Waals surface area contributed by atoms with Gasteiger partial charge >= 0.3 is 0 Å². The Morgan fingerprint density at radius 2 is 2.00 bits per heavy atom. The molecule has 3 heteroatoms. The van der Waals surface area contributed by atoms with E-state index in [4.69, 9.17) is 0 Å². The zero-order valence-electron chi connectivity index (χ0n) is 11.9. The third-order valence-electron chi connectivity index (χ3n) is 3.49. The fourth-order valence-electron chi connectivity index (χ4n) is 2.45. The predicted molar refractivity (Wildman–Crippen MR) is 82.5 cm³/mol. The molecule has 0 fully saturated rings. The van der Waals surface area contributed by atoms with E-state index in [1.807, 2.05) is 5.51 Å². The standard InChI is InChI=1S/C16H22N2S/c1-13(17-10-15-11-19-12-18-15)9-16(2,3)14-7-5-4-6-8-14/h4-8,11-13,17H,9-10H2,1-3H3. The van der Waals surface area contributed by atoms with Crippen LogP contribution in [-0.2, 0) is 12.0 Å². The Balaban J connectivity index is 1.89. The van der Waals surface area contributed by atoms with Crippen LogP contribution in [0.3, 0.4) is 0 Å². The van der Waals surface area contributed by atoms with E-state index in [1.165, 1.54) is 5.56 Å². The average molecular weight is 274 g/mol. The first kappa shape index (κ1) is 14.2. The molecule has 0 spiro atoms. The second kappa shape index (κ2) is 6.31. The predicted octanol–water partition coefficient (Wildman–Crippen LogP) is 3.99. The zero-order chi connectivity index (χ0) is 13.7. The first-order valence-electron chi connectivity index (χ1n) is 6.74. The van der Waals surface area contributed by atoms with Crippen LogP contribution in [0.1, 0.15) is 38.4 Å². The molecule has 1 heterocycles. The van der Waals surface area contributed by atoms with E-state index >= 15 is 0 Å². The minimum absolute atomic E-state index is 0.190. The topological polar surface area (TPSA) is 24.9 Å². The molecule has 0 saturated carbocycles. The molecule has 2 rings (SSSR count). The number of nitrogens with zero attached hydrogens (tertiary/aromatic N) is 1. The number of hydrogen-bond acceptors (Lipinski definition) is 3. The van der Waals surface area contributed by atoms with Gasteiger partial charge in [-0.05, 0) is 24.3 Å².